The molecule has 1 aliphatic carbocycles. The highest BCUT2D eigenvalue weighted by molar-refractivity contribution is 6.39. The molecular formula is C17H24N2O2. The lowest BCUT2D eigenvalue weighted by molar-refractivity contribution is -0.137. The number of rotatable bonds is 2. The summed E-state index contributed by atoms with van der Waals surface area (Å²) in [6, 6.07) is 5.79. The van der Waals surface area contributed by atoms with Crippen molar-refractivity contribution in [2.24, 2.45) is 5.92 Å². The normalized spacial score (nSPS) is 21.7. The van der Waals surface area contributed by atoms with Gasteiger partial charge in [-0.25, -0.2) is 0 Å². The Morgan fingerprint density at radius 3 is 2.52 bits per heavy atom. The van der Waals surface area contributed by atoms with E-state index < -0.39 is 11.8 Å². The fourth-order valence-electron chi connectivity index (χ4n) is 2.83. The van der Waals surface area contributed by atoms with Gasteiger partial charge in [-0.3, -0.25) is 9.59 Å². The van der Waals surface area contributed by atoms with Crippen molar-refractivity contribution in [2.45, 2.75) is 52.5 Å². The van der Waals surface area contributed by atoms with E-state index in [1.54, 1.807) is 0 Å². The van der Waals surface area contributed by atoms with E-state index in [1.807, 2.05) is 32.0 Å². The molecule has 114 valence electrons. The van der Waals surface area contributed by atoms with Crippen molar-refractivity contribution in [2.75, 3.05) is 5.32 Å². The minimum absolute atomic E-state index is 0.121. The smallest absolute Gasteiger partial charge is 0.313 e. The standard InChI is InChI=1S/C17H24N2O2/c1-11-8-6-10-15(13(11)3)19-17(21)16(20)18-14-9-5-4-7-12(14)2/h6,8,10,12,14H,4-5,7,9H2,1-3H3,(H,18,20)(H,19,21)/t12-,14-/m0/s1. The van der Waals surface area contributed by atoms with Gasteiger partial charge in [-0.05, 0) is 49.8 Å². The highest BCUT2D eigenvalue weighted by atomic mass is 16.2. The van der Waals surface area contributed by atoms with E-state index in [4.69, 9.17) is 0 Å². The second kappa shape index (κ2) is 6.74. The Balaban J connectivity index is 1.96. The molecular weight excluding hydrogens is 264 g/mol. The molecule has 1 saturated carbocycles. The van der Waals surface area contributed by atoms with E-state index in [0.29, 0.717) is 11.6 Å². The van der Waals surface area contributed by atoms with Crippen LogP contribution in [0.5, 0.6) is 0 Å². The maximum atomic E-state index is 12.0. The molecule has 4 heteroatoms. The molecule has 21 heavy (non-hydrogen) atoms. The molecule has 0 spiro atoms. The Labute approximate surface area is 126 Å². The summed E-state index contributed by atoms with van der Waals surface area (Å²) in [4.78, 5) is 24.1. The number of hydrogen-bond donors (Lipinski definition) is 2. The predicted molar refractivity (Wildman–Crippen MR) is 84.1 cm³/mol. The van der Waals surface area contributed by atoms with Crippen LogP contribution in [-0.4, -0.2) is 17.9 Å². The first-order valence-electron chi connectivity index (χ1n) is 7.67. The lowest BCUT2D eigenvalue weighted by Crippen LogP contribution is -2.45. The van der Waals surface area contributed by atoms with Crippen LogP contribution in [0.1, 0.15) is 43.7 Å². The van der Waals surface area contributed by atoms with Crippen LogP contribution >= 0.6 is 0 Å². The molecule has 2 atom stereocenters. The summed E-state index contributed by atoms with van der Waals surface area (Å²) in [6.45, 7) is 6.05. The van der Waals surface area contributed by atoms with E-state index in [0.717, 1.165) is 30.4 Å². The SMILES string of the molecule is Cc1cccc(NC(=O)C(=O)N[C@H]2CCCC[C@@H]2C)c1C. The molecule has 1 fully saturated rings. The maximum Gasteiger partial charge on any atom is 0.313 e. The lowest BCUT2D eigenvalue weighted by Gasteiger charge is -2.29. The van der Waals surface area contributed by atoms with Crippen molar-refractivity contribution >= 4 is 17.5 Å². The number of anilines is 1. The van der Waals surface area contributed by atoms with Crippen LogP contribution < -0.4 is 10.6 Å². The highest BCUT2D eigenvalue weighted by Crippen LogP contribution is 2.23. The minimum Gasteiger partial charge on any atom is -0.345 e. The number of amides is 2. The number of aryl methyl sites for hydroxylation is 1. The number of carbonyl (C=O) groups excluding carboxylic acids is 2. The van der Waals surface area contributed by atoms with E-state index >= 15 is 0 Å². The van der Waals surface area contributed by atoms with Gasteiger partial charge in [0.15, 0.2) is 0 Å². The van der Waals surface area contributed by atoms with Crippen LogP contribution in [0.4, 0.5) is 5.69 Å². The van der Waals surface area contributed by atoms with Gasteiger partial charge in [0.25, 0.3) is 0 Å². The molecule has 0 aromatic heterocycles. The van der Waals surface area contributed by atoms with Crippen molar-refractivity contribution < 1.29 is 9.59 Å². The molecule has 2 N–H and O–H groups in total. The molecule has 0 unspecified atom stereocenters. The molecule has 0 aliphatic heterocycles. The van der Waals surface area contributed by atoms with Crippen molar-refractivity contribution in [1.82, 2.24) is 5.32 Å². The maximum absolute atomic E-state index is 12.0. The molecule has 2 amide bonds. The van der Waals surface area contributed by atoms with E-state index in [-0.39, 0.29) is 6.04 Å². The van der Waals surface area contributed by atoms with Crippen LogP contribution in [0.2, 0.25) is 0 Å². The third-order valence-corrected chi connectivity index (χ3v) is 4.49. The second-order valence-corrected chi connectivity index (χ2v) is 6.04. The lowest BCUT2D eigenvalue weighted by atomic mass is 9.86. The molecule has 1 aromatic rings. The largest absolute Gasteiger partial charge is 0.345 e. The fraction of sp³-hybridized carbons (Fsp3) is 0.529. The van der Waals surface area contributed by atoms with Gasteiger partial charge >= 0.3 is 11.8 Å². The summed E-state index contributed by atoms with van der Waals surface area (Å²) >= 11 is 0. The number of hydrogen-bond acceptors (Lipinski definition) is 2. The van der Waals surface area contributed by atoms with Gasteiger partial charge in [0.05, 0.1) is 0 Å². The van der Waals surface area contributed by atoms with Crippen LogP contribution in [0.3, 0.4) is 0 Å². The number of nitrogens with one attached hydrogen (secondary N) is 2. The zero-order valence-corrected chi connectivity index (χ0v) is 13.0. The summed E-state index contributed by atoms with van der Waals surface area (Å²) in [5.74, 6) is -0.674. The average Bonchev–Trinajstić information content (AvgIpc) is 2.46. The molecule has 1 aliphatic rings. The molecule has 0 saturated heterocycles. The first-order chi connectivity index (χ1) is 9.99. The van der Waals surface area contributed by atoms with Gasteiger partial charge in [-0.2, -0.15) is 0 Å². The third-order valence-electron chi connectivity index (χ3n) is 4.49. The van der Waals surface area contributed by atoms with Gasteiger partial charge in [0, 0.05) is 11.7 Å². The van der Waals surface area contributed by atoms with Crippen molar-refractivity contribution in [1.29, 1.82) is 0 Å². The molecule has 2 rings (SSSR count). The molecule has 4 nitrogen and oxygen atoms in total. The van der Waals surface area contributed by atoms with Gasteiger partial charge in [0.1, 0.15) is 0 Å². The first kappa shape index (κ1) is 15.5. The number of carbonyl (C=O) groups is 2. The van der Waals surface area contributed by atoms with Gasteiger partial charge < -0.3 is 10.6 Å². The van der Waals surface area contributed by atoms with Crippen LogP contribution in [-0.2, 0) is 9.59 Å². The monoisotopic (exact) mass is 288 g/mol. The third kappa shape index (κ3) is 3.84. The van der Waals surface area contributed by atoms with Crippen molar-refractivity contribution in [3.05, 3.63) is 29.3 Å². The Morgan fingerprint density at radius 1 is 1.10 bits per heavy atom. The number of benzene rings is 1. The summed E-state index contributed by atoms with van der Waals surface area (Å²) in [7, 11) is 0. The first-order valence-corrected chi connectivity index (χ1v) is 7.67. The van der Waals surface area contributed by atoms with Gasteiger partial charge in [0.2, 0.25) is 0 Å². The van der Waals surface area contributed by atoms with E-state index in [2.05, 4.69) is 17.6 Å². The Morgan fingerprint density at radius 2 is 1.81 bits per heavy atom. The summed E-state index contributed by atoms with van der Waals surface area (Å²) in [5.41, 5.74) is 2.78. The van der Waals surface area contributed by atoms with Gasteiger partial charge in [-0.15, -0.1) is 0 Å². The quantitative estimate of drug-likeness (QED) is 0.822. The Kier molecular flexibility index (Phi) is 4.99. The van der Waals surface area contributed by atoms with Crippen molar-refractivity contribution in [3.63, 3.8) is 0 Å². The average molecular weight is 288 g/mol. The zero-order valence-electron chi connectivity index (χ0n) is 13.0. The highest BCUT2D eigenvalue weighted by Gasteiger charge is 2.25. The summed E-state index contributed by atoms with van der Waals surface area (Å²) < 4.78 is 0. The van der Waals surface area contributed by atoms with Crippen molar-refractivity contribution in [3.8, 4) is 0 Å². The predicted octanol–water partition coefficient (Wildman–Crippen LogP) is 2.94. The van der Waals surface area contributed by atoms with Crippen LogP contribution in [0.25, 0.3) is 0 Å². The molecule has 0 heterocycles. The summed E-state index contributed by atoms with van der Waals surface area (Å²) in [5, 5.41) is 5.58. The van der Waals surface area contributed by atoms with Gasteiger partial charge in [-0.1, -0.05) is 31.9 Å². The topological polar surface area (TPSA) is 58.2 Å². The summed E-state index contributed by atoms with van der Waals surface area (Å²) in [6.07, 6.45) is 4.41. The second-order valence-electron chi connectivity index (χ2n) is 6.04. The Hall–Kier alpha value is -1.84. The zero-order chi connectivity index (χ0) is 15.4. The molecule has 0 radical (unpaired) electrons. The van der Waals surface area contributed by atoms with E-state index in [9.17, 15) is 9.59 Å². The minimum atomic E-state index is -0.582. The fourth-order valence-corrected chi connectivity index (χ4v) is 2.83. The van der Waals surface area contributed by atoms with Crippen LogP contribution in [0.15, 0.2) is 18.2 Å². The van der Waals surface area contributed by atoms with E-state index in [1.165, 1.54) is 6.42 Å². The molecule has 1 aromatic carbocycles. The Bertz CT molecular complexity index is 540. The van der Waals surface area contributed by atoms with Crippen LogP contribution in [0, 0.1) is 19.8 Å². The molecule has 0 bridgehead atoms.